The molecular formula is C16H32N2. The molecule has 0 aromatic rings. The van der Waals surface area contributed by atoms with Crippen LogP contribution in [0.15, 0.2) is 0 Å². The fourth-order valence-electron chi connectivity index (χ4n) is 2.08. The van der Waals surface area contributed by atoms with Crippen LogP contribution in [0.25, 0.3) is 0 Å². The van der Waals surface area contributed by atoms with Crippen molar-refractivity contribution in [1.29, 1.82) is 5.26 Å². The Morgan fingerprint density at radius 1 is 1.11 bits per heavy atom. The van der Waals surface area contributed by atoms with Crippen molar-refractivity contribution in [2.75, 3.05) is 6.54 Å². The van der Waals surface area contributed by atoms with E-state index in [1.165, 1.54) is 38.5 Å². The Hall–Kier alpha value is -0.550. The zero-order valence-electron chi connectivity index (χ0n) is 12.9. The Balaban J connectivity index is 3.36. The van der Waals surface area contributed by atoms with Gasteiger partial charge in [0.1, 0.15) is 0 Å². The van der Waals surface area contributed by atoms with Gasteiger partial charge in [-0.25, -0.2) is 0 Å². The monoisotopic (exact) mass is 252 g/mol. The third kappa shape index (κ3) is 10.6. The summed E-state index contributed by atoms with van der Waals surface area (Å²) >= 11 is 0. The van der Waals surface area contributed by atoms with E-state index in [1.54, 1.807) is 0 Å². The maximum Gasteiger partial charge on any atom is 0.0683 e. The molecule has 0 bridgehead atoms. The van der Waals surface area contributed by atoms with E-state index in [9.17, 15) is 0 Å². The third-order valence-corrected chi connectivity index (χ3v) is 3.51. The van der Waals surface area contributed by atoms with Gasteiger partial charge in [0, 0.05) is 6.04 Å². The smallest absolute Gasteiger partial charge is 0.0683 e. The summed E-state index contributed by atoms with van der Waals surface area (Å²) in [6.07, 6.45) is 10.1. The van der Waals surface area contributed by atoms with Crippen LogP contribution in [0, 0.1) is 16.7 Å². The molecule has 18 heavy (non-hydrogen) atoms. The summed E-state index contributed by atoms with van der Waals surface area (Å²) < 4.78 is 0. The maximum absolute atomic E-state index is 8.91. The van der Waals surface area contributed by atoms with E-state index in [-0.39, 0.29) is 5.41 Å². The van der Waals surface area contributed by atoms with Gasteiger partial charge in [0.05, 0.1) is 11.5 Å². The second kappa shape index (κ2) is 10.4. The van der Waals surface area contributed by atoms with Crippen molar-refractivity contribution in [2.45, 2.75) is 85.1 Å². The van der Waals surface area contributed by atoms with Crippen LogP contribution in [0.5, 0.6) is 0 Å². The number of hydrogen-bond donors (Lipinski definition) is 1. The third-order valence-electron chi connectivity index (χ3n) is 3.51. The molecule has 0 saturated carbocycles. The standard InChI is InChI=1S/C16H32N2/c1-5-6-7-8-11-15(2)18-13-10-9-12-16(3,4)14-17/h15,18H,5-13H2,1-4H3. The Morgan fingerprint density at radius 3 is 2.44 bits per heavy atom. The second-order valence-corrected chi connectivity index (χ2v) is 6.16. The molecule has 0 rings (SSSR count). The molecule has 1 N–H and O–H groups in total. The SMILES string of the molecule is CCCCCCC(C)NCCCCC(C)(C)C#N. The molecule has 2 heteroatoms. The van der Waals surface area contributed by atoms with Gasteiger partial charge in [-0.3, -0.25) is 0 Å². The van der Waals surface area contributed by atoms with Gasteiger partial charge in [-0.1, -0.05) is 39.0 Å². The minimum Gasteiger partial charge on any atom is -0.314 e. The highest BCUT2D eigenvalue weighted by Gasteiger charge is 2.15. The first-order chi connectivity index (χ1) is 8.52. The van der Waals surface area contributed by atoms with Crippen molar-refractivity contribution < 1.29 is 0 Å². The largest absolute Gasteiger partial charge is 0.314 e. The maximum atomic E-state index is 8.91. The first-order valence-electron chi connectivity index (χ1n) is 7.66. The van der Waals surface area contributed by atoms with E-state index in [0.29, 0.717) is 6.04 Å². The molecule has 106 valence electrons. The van der Waals surface area contributed by atoms with Crippen LogP contribution in [-0.4, -0.2) is 12.6 Å². The van der Waals surface area contributed by atoms with Gasteiger partial charge in [0.25, 0.3) is 0 Å². The Labute approximate surface area is 114 Å². The lowest BCUT2D eigenvalue weighted by Gasteiger charge is -2.16. The van der Waals surface area contributed by atoms with Crippen molar-refractivity contribution in [3.05, 3.63) is 0 Å². The van der Waals surface area contributed by atoms with E-state index in [4.69, 9.17) is 5.26 Å². The molecule has 1 unspecified atom stereocenters. The van der Waals surface area contributed by atoms with Crippen molar-refractivity contribution in [2.24, 2.45) is 5.41 Å². The summed E-state index contributed by atoms with van der Waals surface area (Å²) in [6.45, 7) is 9.68. The van der Waals surface area contributed by atoms with Crippen LogP contribution in [0.3, 0.4) is 0 Å². The van der Waals surface area contributed by atoms with Gasteiger partial charge < -0.3 is 5.32 Å². The zero-order chi connectivity index (χ0) is 13.9. The van der Waals surface area contributed by atoms with Gasteiger partial charge in [0.2, 0.25) is 0 Å². The van der Waals surface area contributed by atoms with Crippen molar-refractivity contribution >= 4 is 0 Å². The molecule has 0 spiro atoms. The molecule has 0 aliphatic heterocycles. The first kappa shape index (κ1) is 17.4. The Kier molecular flexibility index (Phi) is 10.1. The highest BCUT2D eigenvalue weighted by molar-refractivity contribution is 4.91. The molecule has 0 aromatic carbocycles. The fourth-order valence-corrected chi connectivity index (χ4v) is 2.08. The molecule has 0 aromatic heterocycles. The lowest BCUT2D eigenvalue weighted by Crippen LogP contribution is -2.27. The summed E-state index contributed by atoms with van der Waals surface area (Å²) in [5.74, 6) is 0. The zero-order valence-corrected chi connectivity index (χ0v) is 12.9. The number of nitriles is 1. The molecule has 1 atom stereocenters. The van der Waals surface area contributed by atoms with Gasteiger partial charge in [-0.05, 0) is 46.6 Å². The van der Waals surface area contributed by atoms with E-state index < -0.39 is 0 Å². The Morgan fingerprint density at radius 2 is 1.83 bits per heavy atom. The number of nitrogens with zero attached hydrogens (tertiary/aromatic N) is 1. The van der Waals surface area contributed by atoms with Gasteiger partial charge in [-0.2, -0.15) is 5.26 Å². The molecule has 0 fully saturated rings. The molecule has 0 amide bonds. The minimum absolute atomic E-state index is 0.147. The first-order valence-corrected chi connectivity index (χ1v) is 7.66. The molecule has 0 heterocycles. The van der Waals surface area contributed by atoms with Crippen LogP contribution < -0.4 is 5.32 Å². The van der Waals surface area contributed by atoms with Crippen molar-refractivity contribution in [3.8, 4) is 6.07 Å². The van der Waals surface area contributed by atoms with Gasteiger partial charge >= 0.3 is 0 Å². The predicted octanol–water partition coefficient (Wildman–Crippen LogP) is 4.65. The topological polar surface area (TPSA) is 35.8 Å². The van der Waals surface area contributed by atoms with Crippen LogP contribution in [0.2, 0.25) is 0 Å². The minimum atomic E-state index is -0.147. The summed E-state index contributed by atoms with van der Waals surface area (Å²) in [5, 5.41) is 12.5. The van der Waals surface area contributed by atoms with Crippen LogP contribution in [-0.2, 0) is 0 Å². The predicted molar refractivity (Wildman–Crippen MR) is 79.5 cm³/mol. The average molecular weight is 252 g/mol. The molecule has 0 saturated heterocycles. The normalized spacial score (nSPS) is 13.3. The van der Waals surface area contributed by atoms with Crippen LogP contribution in [0.4, 0.5) is 0 Å². The summed E-state index contributed by atoms with van der Waals surface area (Å²) in [6, 6.07) is 3.00. The highest BCUT2D eigenvalue weighted by atomic mass is 14.9. The molecular weight excluding hydrogens is 220 g/mol. The molecule has 0 aliphatic rings. The molecule has 2 nitrogen and oxygen atoms in total. The quantitative estimate of drug-likeness (QED) is 0.543. The Bertz CT molecular complexity index is 228. The van der Waals surface area contributed by atoms with Gasteiger partial charge in [-0.15, -0.1) is 0 Å². The summed E-state index contributed by atoms with van der Waals surface area (Å²) in [7, 11) is 0. The lowest BCUT2D eigenvalue weighted by atomic mass is 9.89. The van der Waals surface area contributed by atoms with E-state index >= 15 is 0 Å². The number of unbranched alkanes of at least 4 members (excludes halogenated alkanes) is 4. The molecule has 0 aliphatic carbocycles. The van der Waals surface area contributed by atoms with Crippen LogP contribution >= 0.6 is 0 Å². The fraction of sp³-hybridized carbons (Fsp3) is 0.938. The molecule has 0 radical (unpaired) electrons. The van der Waals surface area contributed by atoms with Crippen molar-refractivity contribution in [3.63, 3.8) is 0 Å². The summed E-state index contributed by atoms with van der Waals surface area (Å²) in [5.41, 5.74) is -0.147. The van der Waals surface area contributed by atoms with E-state index in [1.807, 2.05) is 13.8 Å². The number of nitrogens with one attached hydrogen (secondary N) is 1. The van der Waals surface area contributed by atoms with E-state index in [0.717, 1.165) is 19.4 Å². The number of rotatable bonds is 11. The van der Waals surface area contributed by atoms with Crippen LogP contribution in [0.1, 0.15) is 79.1 Å². The van der Waals surface area contributed by atoms with Crippen molar-refractivity contribution in [1.82, 2.24) is 5.32 Å². The number of hydrogen-bond acceptors (Lipinski definition) is 2. The average Bonchev–Trinajstić information content (AvgIpc) is 2.34. The van der Waals surface area contributed by atoms with E-state index in [2.05, 4.69) is 25.2 Å². The highest BCUT2D eigenvalue weighted by Crippen LogP contribution is 2.21. The lowest BCUT2D eigenvalue weighted by molar-refractivity contribution is 0.411. The second-order valence-electron chi connectivity index (χ2n) is 6.16. The summed E-state index contributed by atoms with van der Waals surface area (Å²) in [4.78, 5) is 0. The van der Waals surface area contributed by atoms with Gasteiger partial charge in [0.15, 0.2) is 0 Å².